The quantitative estimate of drug-likeness (QED) is 0.395. The molecule has 0 aliphatic carbocycles. The topological polar surface area (TPSA) is 75.6 Å². The van der Waals surface area contributed by atoms with E-state index in [9.17, 15) is 9.59 Å². The summed E-state index contributed by atoms with van der Waals surface area (Å²) in [6.45, 7) is 6.94. The Bertz CT molecular complexity index is 372. The molecule has 0 heterocycles. The summed E-state index contributed by atoms with van der Waals surface area (Å²) < 4.78 is 4.81. The molecular formula is C14H21NO4. The molecule has 5 heteroatoms. The SMILES string of the molecule is C=C/C=C(\C=C/C)NC(=O)C(CCO)C(=O)OCC. The van der Waals surface area contributed by atoms with Crippen LogP contribution >= 0.6 is 0 Å². The zero-order chi connectivity index (χ0) is 14.7. The minimum absolute atomic E-state index is 0.0296. The molecule has 0 aromatic heterocycles. The van der Waals surface area contributed by atoms with Crippen molar-refractivity contribution in [3.05, 3.63) is 36.6 Å². The zero-order valence-electron chi connectivity index (χ0n) is 11.4. The molecular weight excluding hydrogens is 246 g/mol. The average Bonchev–Trinajstić information content (AvgIpc) is 2.36. The maximum atomic E-state index is 12.0. The largest absolute Gasteiger partial charge is 0.465 e. The van der Waals surface area contributed by atoms with E-state index in [1.54, 1.807) is 32.1 Å². The highest BCUT2D eigenvalue weighted by molar-refractivity contribution is 5.98. The Morgan fingerprint density at radius 1 is 1.47 bits per heavy atom. The summed E-state index contributed by atoms with van der Waals surface area (Å²) in [5.41, 5.74) is 0.523. The van der Waals surface area contributed by atoms with Gasteiger partial charge in [0.1, 0.15) is 5.92 Å². The molecule has 19 heavy (non-hydrogen) atoms. The molecule has 1 amide bonds. The first kappa shape index (κ1) is 17.1. The van der Waals surface area contributed by atoms with Crippen LogP contribution in [0.3, 0.4) is 0 Å². The fourth-order valence-corrected chi connectivity index (χ4v) is 1.40. The van der Waals surface area contributed by atoms with Gasteiger partial charge < -0.3 is 15.2 Å². The third-order valence-corrected chi connectivity index (χ3v) is 2.22. The fraction of sp³-hybridized carbons (Fsp3) is 0.429. The van der Waals surface area contributed by atoms with Crippen LogP contribution in [-0.2, 0) is 14.3 Å². The van der Waals surface area contributed by atoms with Gasteiger partial charge in [0.25, 0.3) is 0 Å². The lowest BCUT2D eigenvalue weighted by Gasteiger charge is -2.14. The van der Waals surface area contributed by atoms with Crippen LogP contribution in [0.5, 0.6) is 0 Å². The highest BCUT2D eigenvalue weighted by Crippen LogP contribution is 2.07. The van der Waals surface area contributed by atoms with Crippen LogP contribution in [0.25, 0.3) is 0 Å². The van der Waals surface area contributed by atoms with Crippen molar-refractivity contribution >= 4 is 11.9 Å². The van der Waals surface area contributed by atoms with Crippen LogP contribution in [0.15, 0.2) is 36.6 Å². The number of rotatable bonds is 8. The summed E-state index contributed by atoms with van der Waals surface area (Å²) in [5.74, 6) is -2.14. The van der Waals surface area contributed by atoms with E-state index in [-0.39, 0.29) is 19.6 Å². The minimum atomic E-state index is -1.01. The lowest BCUT2D eigenvalue weighted by atomic mass is 10.1. The number of carbonyl (C=O) groups excluding carboxylic acids is 2. The van der Waals surface area contributed by atoms with Crippen LogP contribution in [0, 0.1) is 5.92 Å². The van der Waals surface area contributed by atoms with E-state index >= 15 is 0 Å². The highest BCUT2D eigenvalue weighted by Gasteiger charge is 2.27. The molecule has 0 radical (unpaired) electrons. The van der Waals surface area contributed by atoms with Crippen molar-refractivity contribution in [3.8, 4) is 0 Å². The Kier molecular flexibility index (Phi) is 9.08. The number of aliphatic hydroxyl groups excluding tert-OH is 1. The second-order valence-electron chi connectivity index (χ2n) is 3.66. The number of aliphatic hydroxyl groups is 1. The molecule has 0 saturated carbocycles. The van der Waals surface area contributed by atoms with Crippen LogP contribution in [-0.4, -0.2) is 30.2 Å². The Hall–Kier alpha value is -1.88. The fourth-order valence-electron chi connectivity index (χ4n) is 1.40. The number of esters is 1. The molecule has 0 fully saturated rings. The van der Waals surface area contributed by atoms with Crippen molar-refractivity contribution in [2.45, 2.75) is 20.3 Å². The van der Waals surface area contributed by atoms with Crippen LogP contribution in [0.1, 0.15) is 20.3 Å². The number of amides is 1. The van der Waals surface area contributed by atoms with Gasteiger partial charge in [0, 0.05) is 12.3 Å². The molecule has 0 aromatic carbocycles. The van der Waals surface area contributed by atoms with Gasteiger partial charge in [0.2, 0.25) is 5.91 Å². The second kappa shape index (κ2) is 10.1. The standard InChI is InChI=1S/C14H21NO4/c1-4-7-11(8-5-2)15-13(17)12(9-10-16)14(18)19-6-3/h4-5,7-8,12,16H,1,6,9-10H2,2-3H3,(H,15,17)/b8-5-,11-7+. The third-order valence-electron chi connectivity index (χ3n) is 2.22. The van der Waals surface area contributed by atoms with Gasteiger partial charge >= 0.3 is 5.97 Å². The number of allylic oxidation sites excluding steroid dienone is 4. The first-order valence-electron chi connectivity index (χ1n) is 6.14. The number of carbonyl (C=O) groups is 2. The van der Waals surface area contributed by atoms with Crippen LogP contribution in [0.4, 0.5) is 0 Å². The van der Waals surface area contributed by atoms with Crippen LogP contribution < -0.4 is 5.32 Å². The van der Waals surface area contributed by atoms with E-state index in [4.69, 9.17) is 9.84 Å². The van der Waals surface area contributed by atoms with E-state index in [0.29, 0.717) is 5.70 Å². The van der Waals surface area contributed by atoms with Gasteiger partial charge in [-0.2, -0.15) is 0 Å². The second-order valence-corrected chi connectivity index (χ2v) is 3.66. The maximum Gasteiger partial charge on any atom is 0.318 e. The maximum absolute atomic E-state index is 12.0. The van der Waals surface area contributed by atoms with Crippen molar-refractivity contribution < 1.29 is 19.4 Å². The predicted octanol–water partition coefficient (Wildman–Crippen LogP) is 1.31. The van der Waals surface area contributed by atoms with Crippen molar-refractivity contribution in [2.24, 2.45) is 5.92 Å². The zero-order valence-corrected chi connectivity index (χ0v) is 11.4. The summed E-state index contributed by atoms with van der Waals surface area (Å²) in [6, 6.07) is 0. The average molecular weight is 267 g/mol. The molecule has 0 aromatic rings. The third kappa shape index (κ3) is 6.57. The number of hydrogen-bond donors (Lipinski definition) is 2. The summed E-state index contributed by atoms with van der Waals surface area (Å²) >= 11 is 0. The number of nitrogens with one attached hydrogen (secondary N) is 1. The van der Waals surface area contributed by atoms with Gasteiger partial charge in [-0.05, 0) is 32.4 Å². The molecule has 0 rings (SSSR count). The summed E-state index contributed by atoms with van der Waals surface area (Å²) in [5, 5.41) is 11.5. The lowest BCUT2D eigenvalue weighted by molar-refractivity contribution is -0.152. The Labute approximate surface area is 113 Å². The van der Waals surface area contributed by atoms with Crippen molar-refractivity contribution in [2.75, 3.05) is 13.2 Å². The van der Waals surface area contributed by atoms with Gasteiger partial charge in [-0.15, -0.1) is 0 Å². The molecule has 0 aliphatic heterocycles. The van der Waals surface area contributed by atoms with E-state index in [0.717, 1.165) is 0 Å². The minimum Gasteiger partial charge on any atom is -0.465 e. The molecule has 0 aliphatic rings. The molecule has 0 spiro atoms. The van der Waals surface area contributed by atoms with Crippen molar-refractivity contribution in [1.82, 2.24) is 5.32 Å². The van der Waals surface area contributed by atoms with Gasteiger partial charge in [-0.3, -0.25) is 9.59 Å². The molecule has 1 atom stereocenters. The van der Waals surface area contributed by atoms with Gasteiger partial charge in [-0.1, -0.05) is 18.7 Å². The summed E-state index contributed by atoms with van der Waals surface area (Å²) in [4.78, 5) is 23.6. The van der Waals surface area contributed by atoms with E-state index in [1.165, 1.54) is 6.08 Å². The van der Waals surface area contributed by atoms with Crippen molar-refractivity contribution in [1.29, 1.82) is 0 Å². The molecule has 0 bridgehead atoms. The van der Waals surface area contributed by atoms with Crippen molar-refractivity contribution in [3.63, 3.8) is 0 Å². The first-order valence-corrected chi connectivity index (χ1v) is 6.14. The molecule has 2 N–H and O–H groups in total. The highest BCUT2D eigenvalue weighted by atomic mass is 16.5. The molecule has 0 saturated heterocycles. The summed E-state index contributed by atoms with van der Waals surface area (Å²) in [7, 11) is 0. The van der Waals surface area contributed by atoms with Gasteiger partial charge in [-0.25, -0.2) is 0 Å². The normalized spacial score (nSPS) is 13.1. The van der Waals surface area contributed by atoms with E-state index < -0.39 is 17.8 Å². The Balaban J connectivity index is 4.84. The van der Waals surface area contributed by atoms with Gasteiger partial charge in [0.05, 0.1) is 6.61 Å². The predicted molar refractivity (Wildman–Crippen MR) is 73.1 cm³/mol. The number of hydrogen-bond acceptors (Lipinski definition) is 4. The Morgan fingerprint density at radius 2 is 2.16 bits per heavy atom. The van der Waals surface area contributed by atoms with Gasteiger partial charge in [0.15, 0.2) is 0 Å². The monoisotopic (exact) mass is 267 g/mol. The van der Waals surface area contributed by atoms with E-state index in [2.05, 4.69) is 11.9 Å². The number of ether oxygens (including phenoxy) is 1. The van der Waals surface area contributed by atoms with Crippen LogP contribution in [0.2, 0.25) is 0 Å². The molecule has 5 nitrogen and oxygen atoms in total. The Morgan fingerprint density at radius 3 is 2.63 bits per heavy atom. The van der Waals surface area contributed by atoms with E-state index in [1.807, 2.05) is 0 Å². The lowest BCUT2D eigenvalue weighted by Crippen LogP contribution is -2.36. The first-order chi connectivity index (χ1) is 9.10. The molecule has 1 unspecified atom stereocenters. The molecule has 106 valence electrons. The summed E-state index contributed by atoms with van der Waals surface area (Å²) in [6.07, 6.45) is 6.60. The smallest absolute Gasteiger partial charge is 0.318 e.